The molecule has 3 aliphatic heterocycles. The number of carbonyl (C=O) groups excluding carboxylic acids is 2. The number of thiophene rings is 1. The molecule has 2 amide bonds. The predicted octanol–water partition coefficient (Wildman–Crippen LogP) is 4.47. The van der Waals surface area contributed by atoms with Gasteiger partial charge in [-0.15, -0.1) is 11.3 Å². The molecule has 3 aromatic rings. The molecule has 0 saturated carbocycles. The van der Waals surface area contributed by atoms with Crippen molar-refractivity contribution in [2.75, 3.05) is 18.0 Å². The van der Waals surface area contributed by atoms with E-state index in [-0.39, 0.29) is 23.8 Å². The molecule has 208 valence electrons. The smallest absolute Gasteiger partial charge is 0.290 e. The number of likely N-dealkylation sites (tertiary alicyclic amines) is 1. The van der Waals surface area contributed by atoms with E-state index in [1.165, 1.54) is 16.2 Å². The number of imide groups is 1. The monoisotopic (exact) mass is 559 g/mol. The van der Waals surface area contributed by atoms with Crippen LogP contribution in [0.2, 0.25) is 0 Å². The summed E-state index contributed by atoms with van der Waals surface area (Å²) in [5.41, 5.74) is 6.23. The zero-order chi connectivity index (χ0) is 28.4. The number of aryl methyl sites for hydroxylation is 1. The van der Waals surface area contributed by atoms with Crippen LogP contribution in [0.15, 0.2) is 30.5 Å². The summed E-state index contributed by atoms with van der Waals surface area (Å²) in [4.78, 5) is 42.7. The van der Waals surface area contributed by atoms with Crippen LogP contribution in [-0.2, 0) is 27.3 Å². The number of hydrogen-bond donors (Lipinski definition) is 2. The van der Waals surface area contributed by atoms with Gasteiger partial charge in [0.05, 0.1) is 28.4 Å². The van der Waals surface area contributed by atoms with Crippen molar-refractivity contribution in [2.45, 2.75) is 70.5 Å². The molecule has 2 fully saturated rings. The van der Waals surface area contributed by atoms with E-state index >= 15 is 0 Å². The van der Waals surface area contributed by atoms with Crippen molar-refractivity contribution in [3.8, 4) is 17.2 Å². The molecular weight excluding hydrogens is 526 g/mol. The minimum Gasteiger partial charge on any atom is -0.483 e. The maximum Gasteiger partial charge on any atom is 0.290 e. The van der Waals surface area contributed by atoms with Gasteiger partial charge in [-0.1, -0.05) is 0 Å². The van der Waals surface area contributed by atoms with Crippen LogP contribution in [0.3, 0.4) is 0 Å². The van der Waals surface area contributed by atoms with E-state index in [1.807, 2.05) is 24.4 Å². The Balaban J connectivity index is 0.00000103. The number of nitrogens with one attached hydrogen (secondary N) is 1. The van der Waals surface area contributed by atoms with Gasteiger partial charge in [0.1, 0.15) is 0 Å². The number of amides is 2. The summed E-state index contributed by atoms with van der Waals surface area (Å²) in [6, 6.07) is 10.9. The Morgan fingerprint density at radius 1 is 1.18 bits per heavy atom. The van der Waals surface area contributed by atoms with Gasteiger partial charge in [0, 0.05) is 65.4 Å². The molecule has 2 aromatic heterocycles. The lowest BCUT2D eigenvalue weighted by Gasteiger charge is -2.38. The molecule has 0 spiro atoms. The van der Waals surface area contributed by atoms with Crippen molar-refractivity contribution in [3.05, 3.63) is 46.5 Å². The topological polar surface area (TPSA) is 127 Å². The summed E-state index contributed by atoms with van der Waals surface area (Å²) in [6.45, 7) is 6.50. The van der Waals surface area contributed by atoms with E-state index in [2.05, 4.69) is 41.2 Å². The van der Waals surface area contributed by atoms with Crippen LogP contribution in [-0.4, -0.2) is 57.9 Å². The summed E-state index contributed by atoms with van der Waals surface area (Å²) < 4.78 is 1.03. The molecule has 3 aliphatic rings. The lowest BCUT2D eigenvalue weighted by Crippen LogP contribution is -2.40. The highest BCUT2D eigenvalue weighted by Crippen LogP contribution is 2.44. The first-order valence-electron chi connectivity index (χ1n) is 13.6. The number of anilines is 1. The van der Waals surface area contributed by atoms with Crippen molar-refractivity contribution in [3.63, 3.8) is 0 Å². The number of hydrogen-bond acceptors (Lipinski definition) is 8. The van der Waals surface area contributed by atoms with Gasteiger partial charge in [0.25, 0.3) is 6.47 Å². The average molecular weight is 560 g/mol. The first-order chi connectivity index (χ1) is 19.2. The molecule has 0 aliphatic carbocycles. The first kappa shape index (κ1) is 27.7. The van der Waals surface area contributed by atoms with Crippen molar-refractivity contribution < 1.29 is 19.5 Å². The largest absolute Gasteiger partial charge is 0.483 e. The van der Waals surface area contributed by atoms with E-state index < -0.39 is 0 Å². The number of pyridine rings is 1. The van der Waals surface area contributed by atoms with Crippen molar-refractivity contribution in [2.24, 2.45) is 0 Å². The van der Waals surface area contributed by atoms with Crippen LogP contribution in [0.5, 0.6) is 0 Å². The van der Waals surface area contributed by atoms with E-state index in [0.29, 0.717) is 37.4 Å². The average Bonchev–Trinajstić information content (AvgIpc) is 3.52. The Labute approximate surface area is 237 Å². The highest BCUT2D eigenvalue weighted by molar-refractivity contribution is 7.19. The molecule has 6 rings (SSSR count). The number of piperidine rings is 1. The van der Waals surface area contributed by atoms with Crippen LogP contribution in [0, 0.1) is 11.3 Å². The highest BCUT2D eigenvalue weighted by atomic mass is 32.1. The molecule has 1 aromatic carbocycles. The molecule has 0 radical (unpaired) electrons. The van der Waals surface area contributed by atoms with Gasteiger partial charge in [-0.05, 0) is 69.4 Å². The molecular formula is C30H33N5O4S. The number of nitrogens with zero attached hydrogens (tertiary/aromatic N) is 4. The summed E-state index contributed by atoms with van der Waals surface area (Å²) in [6.07, 6.45) is 6.41. The molecule has 40 heavy (non-hydrogen) atoms. The Hall–Kier alpha value is -3.81. The minimum atomic E-state index is -0.250. The normalized spacial score (nSPS) is 20.1. The Morgan fingerprint density at radius 2 is 1.93 bits per heavy atom. The number of carboxylic acid groups (broad SMARTS) is 1. The standard InChI is InChI=1S/C29H31N5O2S.CH2O2/c1-29(2)14-20(16-32-29)33-10-4-5-19-11-18(15-30)12-23(27(19)33)22-8-9-31-24-13-21(37-28(22)24)17-34-25(35)6-3-7-26(34)36;2-1-3/h8-9,11-13,20,32H,3-7,10,14,16-17H2,1-2H3;1H,(H,2,3)/t20-;/m0./s1. The number of fused-ring (bicyclic) bond motifs is 2. The number of rotatable bonds is 4. The van der Waals surface area contributed by atoms with Crippen LogP contribution >= 0.6 is 11.3 Å². The second-order valence-corrected chi connectivity index (χ2v) is 12.3. The molecule has 0 unspecified atom stereocenters. The molecule has 9 nitrogen and oxygen atoms in total. The second-order valence-electron chi connectivity index (χ2n) is 11.2. The Bertz CT molecular complexity index is 1490. The van der Waals surface area contributed by atoms with Crippen LogP contribution in [0.1, 0.15) is 62.0 Å². The Kier molecular flexibility index (Phi) is 7.88. The predicted molar refractivity (Wildman–Crippen MR) is 154 cm³/mol. The molecule has 10 heteroatoms. The number of aromatic nitrogens is 1. The maximum atomic E-state index is 12.4. The van der Waals surface area contributed by atoms with E-state index in [0.717, 1.165) is 58.6 Å². The third kappa shape index (κ3) is 5.44. The summed E-state index contributed by atoms with van der Waals surface area (Å²) in [5.74, 6) is -0.192. The van der Waals surface area contributed by atoms with E-state index in [1.54, 1.807) is 11.3 Å². The maximum absolute atomic E-state index is 12.4. The highest BCUT2D eigenvalue weighted by Gasteiger charge is 2.37. The summed E-state index contributed by atoms with van der Waals surface area (Å²) in [7, 11) is 0. The van der Waals surface area contributed by atoms with Gasteiger partial charge in [0.2, 0.25) is 11.8 Å². The van der Waals surface area contributed by atoms with Gasteiger partial charge in [-0.25, -0.2) is 0 Å². The second kappa shape index (κ2) is 11.4. The molecule has 0 bridgehead atoms. The van der Waals surface area contributed by atoms with Gasteiger partial charge in [-0.3, -0.25) is 24.3 Å². The first-order valence-corrected chi connectivity index (χ1v) is 14.4. The zero-order valence-electron chi connectivity index (χ0n) is 22.8. The summed E-state index contributed by atoms with van der Waals surface area (Å²) >= 11 is 1.59. The van der Waals surface area contributed by atoms with Crippen LogP contribution < -0.4 is 10.2 Å². The van der Waals surface area contributed by atoms with Crippen LogP contribution in [0.4, 0.5) is 5.69 Å². The minimum absolute atomic E-state index is 0.0959. The van der Waals surface area contributed by atoms with Crippen molar-refractivity contribution in [1.82, 2.24) is 15.2 Å². The van der Waals surface area contributed by atoms with Crippen molar-refractivity contribution >= 4 is 45.5 Å². The fourth-order valence-corrected chi connectivity index (χ4v) is 7.30. The number of carbonyl (C=O) groups is 3. The third-order valence-corrected chi connectivity index (χ3v) is 9.05. The van der Waals surface area contributed by atoms with Gasteiger partial charge >= 0.3 is 0 Å². The van der Waals surface area contributed by atoms with E-state index in [9.17, 15) is 14.9 Å². The van der Waals surface area contributed by atoms with E-state index in [4.69, 9.17) is 9.90 Å². The van der Waals surface area contributed by atoms with Gasteiger partial charge in [0.15, 0.2) is 0 Å². The molecule has 5 heterocycles. The van der Waals surface area contributed by atoms with Gasteiger partial charge < -0.3 is 15.3 Å². The quantitative estimate of drug-likeness (QED) is 0.354. The van der Waals surface area contributed by atoms with Crippen LogP contribution in [0.25, 0.3) is 21.3 Å². The molecule has 2 N–H and O–H groups in total. The molecule has 1 atom stereocenters. The number of nitriles is 1. The number of benzene rings is 1. The zero-order valence-corrected chi connectivity index (χ0v) is 23.6. The lowest BCUT2D eigenvalue weighted by atomic mass is 9.90. The summed E-state index contributed by atoms with van der Waals surface area (Å²) in [5, 5.41) is 20.4. The fraction of sp³-hybridized carbons (Fsp3) is 0.433. The Morgan fingerprint density at radius 3 is 2.60 bits per heavy atom. The van der Waals surface area contributed by atoms with Crippen molar-refractivity contribution in [1.29, 1.82) is 5.26 Å². The SMILES string of the molecule is CC1(C)C[C@H](N2CCCc3cc(C#N)cc(-c4ccnc5cc(CN6C(=O)CCCC6=O)sc45)c32)CN1.O=CO. The third-order valence-electron chi connectivity index (χ3n) is 7.90. The molecule has 2 saturated heterocycles. The fourth-order valence-electron chi connectivity index (χ4n) is 6.17. The lowest BCUT2D eigenvalue weighted by molar-refractivity contribution is -0.148. The van der Waals surface area contributed by atoms with Gasteiger partial charge in [-0.2, -0.15) is 5.26 Å².